The third kappa shape index (κ3) is 3.12. The minimum atomic E-state index is 0.443. The summed E-state index contributed by atoms with van der Waals surface area (Å²) in [5, 5.41) is 15.9. The van der Waals surface area contributed by atoms with E-state index in [1.54, 1.807) is 43.6 Å². The SMILES string of the molecule is CNc1cc(Nc2nccc3[nH]c(-c4c(Cl)cccc4C#N)nc23)ncn1. The summed E-state index contributed by atoms with van der Waals surface area (Å²) in [4.78, 5) is 20.5. The van der Waals surface area contributed by atoms with Gasteiger partial charge in [-0.3, -0.25) is 0 Å². The van der Waals surface area contributed by atoms with Crippen molar-refractivity contribution in [3.63, 3.8) is 0 Å². The summed E-state index contributed by atoms with van der Waals surface area (Å²) in [5.41, 5.74) is 2.37. The van der Waals surface area contributed by atoms with Crippen LogP contribution in [0.3, 0.4) is 0 Å². The lowest BCUT2D eigenvalue weighted by atomic mass is 10.1. The van der Waals surface area contributed by atoms with Gasteiger partial charge in [0.05, 0.1) is 27.7 Å². The number of fused-ring (bicyclic) bond motifs is 1. The number of H-pyrrole nitrogens is 1. The molecule has 3 heterocycles. The molecule has 4 aromatic rings. The number of hydrogen-bond acceptors (Lipinski definition) is 7. The van der Waals surface area contributed by atoms with Crippen LogP contribution in [0.5, 0.6) is 0 Å². The average molecular weight is 377 g/mol. The van der Waals surface area contributed by atoms with Crippen LogP contribution in [-0.2, 0) is 0 Å². The van der Waals surface area contributed by atoms with Gasteiger partial charge in [0.15, 0.2) is 5.82 Å². The lowest BCUT2D eigenvalue weighted by Gasteiger charge is -2.06. The van der Waals surface area contributed by atoms with Gasteiger partial charge in [-0.15, -0.1) is 0 Å². The van der Waals surface area contributed by atoms with Crippen LogP contribution in [0.15, 0.2) is 42.9 Å². The molecule has 3 N–H and O–H groups in total. The number of halogens is 1. The van der Waals surface area contributed by atoms with E-state index < -0.39 is 0 Å². The number of rotatable bonds is 4. The van der Waals surface area contributed by atoms with E-state index in [9.17, 15) is 5.26 Å². The Labute approximate surface area is 159 Å². The normalized spacial score (nSPS) is 10.6. The van der Waals surface area contributed by atoms with E-state index >= 15 is 0 Å². The van der Waals surface area contributed by atoms with Gasteiger partial charge < -0.3 is 15.6 Å². The number of hydrogen-bond donors (Lipinski definition) is 3. The monoisotopic (exact) mass is 376 g/mol. The van der Waals surface area contributed by atoms with E-state index in [-0.39, 0.29) is 0 Å². The molecule has 0 radical (unpaired) electrons. The molecule has 132 valence electrons. The largest absolute Gasteiger partial charge is 0.373 e. The van der Waals surface area contributed by atoms with Crippen molar-refractivity contribution in [2.45, 2.75) is 0 Å². The second-order valence-electron chi connectivity index (χ2n) is 5.58. The number of benzene rings is 1. The minimum absolute atomic E-state index is 0.443. The van der Waals surface area contributed by atoms with E-state index in [1.165, 1.54) is 6.33 Å². The highest BCUT2D eigenvalue weighted by Crippen LogP contribution is 2.32. The minimum Gasteiger partial charge on any atom is -0.373 e. The second-order valence-corrected chi connectivity index (χ2v) is 5.99. The molecule has 0 aliphatic carbocycles. The predicted molar refractivity (Wildman–Crippen MR) is 104 cm³/mol. The fourth-order valence-electron chi connectivity index (χ4n) is 2.69. The molecule has 0 saturated heterocycles. The number of aromatic amines is 1. The zero-order chi connectivity index (χ0) is 18.8. The van der Waals surface area contributed by atoms with Crippen molar-refractivity contribution in [1.29, 1.82) is 5.26 Å². The second kappa shape index (κ2) is 6.90. The van der Waals surface area contributed by atoms with Crippen LogP contribution in [0.25, 0.3) is 22.4 Å². The van der Waals surface area contributed by atoms with Gasteiger partial charge in [-0.05, 0) is 18.2 Å². The summed E-state index contributed by atoms with van der Waals surface area (Å²) >= 11 is 6.31. The molecular formula is C18H13ClN8. The van der Waals surface area contributed by atoms with Gasteiger partial charge in [-0.1, -0.05) is 17.7 Å². The van der Waals surface area contributed by atoms with Crippen LogP contribution in [0, 0.1) is 11.3 Å². The molecule has 0 amide bonds. The molecule has 0 bridgehead atoms. The maximum Gasteiger partial charge on any atom is 0.159 e. The molecule has 9 heteroatoms. The Hall–Kier alpha value is -3.70. The third-order valence-electron chi connectivity index (χ3n) is 3.94. The Morgan fingerprint density at radius 2 is 2.00 bits per heavy atom. The van der Waals surface area contributed by atoms with Gasteiger partial charge in [-0.25, -0.2) is 19.9 Å². The van der Waals surface area contributed by atoms with Crippen LogP contribution in [0.2, 0.25) is 5.02 Å². The first-order chi connectivity index (χ1) is 13.2. The number of nitriles is 1. The van der Waals surface area contributed by atoms with E-state index in [0.29, 0.717) is 44.9 Å². The standard InChI is InChI=1S/C18H13ClN8/c1-21-13-7-14(24-9-23-13)26-18-16-12(5-6-22-18)25-17(27-16)15-10(8-20)3-2-4-11(15)19/h2-7,9H,1H3,(H,25,27)(H2,21,22,23,24,26). The lowest BCUT2D eigenvalue weighted by Crippen LogP contribution is -1.99. The number of aromatic nitrogens is 5. The van der Waals surface area contributed by atoms with Crippen molar-refractivity contribution in [3.8, 4) is 17.5 Å². The molecule has 1 aromatic carbocycles. The molecule has 0 saturated carbocycles. The maximum absolute atomic E-state index is 9.38. The maximum atomic E-state index is 9.38. The molecule has 0 aliphatic rings. The van der Waals surface area contributed by atoms with Crippen molar-refractivity contribution in [2.24, 2.45) is 0 Å². The van der Waals surface area contributed by atoms with Gasteiger partial charge >= 0.3 is 0 Å². The van der Waals surface area contributed by atoms with Crippen LogP contribution in [0.1, 0.15) is 5.56 Å². The van der Waals surface area contributed by atoms with Gasteiger partial charge in [0.1, 0.15) is 29.3 Å². The zero-order valence-electron chi connectivity index (χ0n) is 14.2. The van der Waals surface area contributed by atoms with E-state index in [4.69, 9.17) is 11.6 Å². The van der Waals surface area contributed by atoms with Gasteiger partial charge in [-0.2, -0.15) is 5.26 Å². The highest BCUT2D eigenvalue weighted by molar-refractivity contribution is 6.33. The lowest BCUT2D eigenvalue weighted by molar-refractivity contribution is 1.15. The highest BCUT2D eigenvalue weighted by atomic mass is 35.5. The number of anilines is 3. The number of imidazole rings is 1. The van der Waals surface area contributed by atoms with Crippen molar-refractivity contribution >= 4 is 40.1 Å². The van der Waals surface area contributed by atoms with Gasteiger partial charge in [0.25, 0.3) is 0 Å². The Morgan fingerprint density at radius 1 is 1.15 bits per heavy atom. The molecule has 4 rings (SSSR count). The van der Waals surface area contributed by atoms with Crippen molar-refractivity contribution in [2.75, 3.05) is 17.7 Å². The first-order valence-corrected chi connectivity index (χ1v) is 8.38. The summed E-state index contributed by atoms with van der Waals surface area (Å²) in [6.07, 6.45) is 3.11. The van der Waals surface area contributed by atoms with Gasteiger partial charge in [0, 0.05) is 19.3 Å². The van der Waals surface area contributed by atoms with E-state index in [1.807, 2.05) is 0 Å². The first-order valence-electron chi connectivity index (χ1n) is 8.00. The summed E-state index contributed by atoms with van der Waals surface area (Å²) in [7, 11) is 1.78. The summed E-state index contributed by atoms with van der Waals surface area (Å²) in [5.74, 6) is 2.29. The molecular weight excluding hydrogens is 364 g/mol. The Kier molecular flexibility index (Phi) is 4.28. The van der Waals surface area contributed by atoms with Crippen LogP contribution < -0.4 is 10.6 Å². The highest BCUT2D eigenvalue weighted by Gasteiger charge is 2.16. The first kappa shape index (κ1) is 16.8. The fraction of sp³-hybridized carbons (Fsp3) is 0.0556. The van der Waals surface area contributed by atoms with Crippen molar-refractivity contribution < 1.29 is 0 Å². The summed E-state index contributed by atoms with van der Waals surface area (Å²) < 4.78 is 0. The van der Waals surface area contributed by atoms with Gasteiger partial charge in [0.2, 0.25) is 0 Å². The fourth-order valence-corrected chi connectivity index (χ4v) is 2.95. The van der Waals surface area contributed by atoms with Crippen molar-refractivity contribution in [1.82, 2.24) is 24.9 Å². The zero-order valence-corrected chi connectivity index (χ0v) is 14.9. The Morgan fingerprint density at radius 3 is 2.81 bits per heavy atom. The summed E-state index contributed by atoms with van der Waals surface area (Å²) in [6, 6.07) is 10.9. The topological polar surface area (TPSA) is 115 Å². The average Bonchev–Trinajstić information content (AvgIpc) is 3.12. The van der Waals surface area contributed by atoms with E-state index in [0.717, 1.165) is 5.52 Å². The molecule has 8 nitrogen and oxygen atoms in total. The Bertz CT molecular complexity index is 1180. The summed E-state index contributed by atoms with van der Waals surface area (Å²) in [6.45, 7) is 0. The predicted octanol–water partition coefficient (Wildman–Crippen LogP) is 3.73. The van der Waals surface area contributed by atoms with Crippen LogP contribution >= 0.6 is 11.6 Å². The molecule has 0 unspecified atom stereocenters. The van der Waals surface area contributed by atoms with E-state index in [2.05, 4.69) is 41.6 Å². The third-order valence-corrected chi connectivity index (χ3v) is 4.26. The molecule has 3 aromatic heterocycles. The van der Waals surface area contributed by atoms with Crippen LogP contribution in [-0.4, -0.2) is 32.0 Å². The molecule has 0 aliphatic heterocycles. The van der Waals surface area contributed by atoms with Crippen molar-refractivity contribution in [3.05, 3.63) is 53.4 Å². The molecule has 27 heavy (non-hydrogen) atoms. The Balaban J connectivity index is 1.81. The number of pyridine rings is 1. The molecule has 0 spiro atoms. The smallest absolute Gasteiger partial charge is 0.159 e. The number of nitrogens with one attached hydrogen (secondary N) is 3. The molecule has 0 atom stereocenters. The quantitative estimate of drug-likeness (QED) is 0.497. The molecule has 0 fully saturated rings. The number of nitrogens with zero attached hydrogens (tertiary/aromatic N) is 5. The van der Waals surface area contributed by atoms with Crippen LogP contribution in [0.4, 0.5) is 17.5 Å².